The van der Waals surface area contributed by atoms with E-state index < -0.39 is 6.10 Å². The van der Waals surface area contributed by atoms with Crippen molar-refractivity contribution < 1.29 is 19.4 Å². The molecule has 0 fully saturated rings. The van der Waals surface area contributed by atoms with Gasteiger partial charge in [-0.2, -0.15) is 5.10 Å². The first-order valence-corrected chi connectivity index (χ1v) is 7.84. The molecular formula is C15H28N4O4. The van der Waals surface area contributed by atoms with E-state index in [0.29, 0.717) is 18.9 Å². The number of ether oxygens (including phenoxy) is 2. The van der Waals surface area contributed by atoms with Crippen LogP contribution >= 0.6 is 0 Å². The highest BCUT2D eigenvalue weighted by Gasteiger charge is 2.14. The number of anilines is 1. The number of carbonyl (C=O) groups excluding carboxylic acids is 1. The number of nitrogens with zero attached hydrogens (tertiary/aromatic N) is 3. The summed E-state index contributed by atoms with van der Waals surface area (Å²) in [5, 5.41) is 16.7. The number of carbonyl (C=O) groups is 1. The first kappa shape index (κ1) is 19.4. The van der Waals surface area contributed by atoms with Crippen LogP contribution in [0, 0.1) is 0 Å². The van der Waals surface area contributed by atoms with E-state index in [2.05, 4.69) is 10.4 Å². The number of amides is 2. The first-order valence-electron chi connectivity index (χ1n) is 7.84. The number of aryl methyl sites for hydroxylation is 1. The summed E-state index contributed by atoms with van der Waals surface area (Å²) in [6.07, 6.45) is 2.75. The molecule has 1 heterocycles. The van der Waals surface area contributed by atoms with Gasteiger partial charge < -0.3 is 24.8 Å². The topological polar surface area (TPSA) is 88.9 Å². The van der Waals surface area contributed by atoms with E-state index in [9.17, 15) is 9.90 Å². The van der Waals surface area contributed by atoms with E-state index in [4.69, 9.17) is 9.47 Å². The van der Waals surface area contributed by atoms with Crippen LogP contribution in [-0.2, 0) is 16.0 Å². The van der Waals surface area contributed by atoms with E-state index in [0.717, 1.165) is 6.54 Å². The summed E-state index contributed by atoms with van der Waals surface area (Å²) in [4.78, 5) is 13.4. The number of rotatable bonds is 10. The second-order valence-electron chi connectivity index (χ2n) is 5.54. The van der Waals surface area contributed by atoms with Gasteiger partial charge in [0.05, 0.1) is 50.5 Å². The van der Waals surface area contributed by atoms with Crippen LogP contribution < -0.4 is 5.32 Å². The third-order valence-electron chi connectivity index (χ3n) is 3.03. The zero-order valence-corrected chi connectivity index (χ0v) is 14.4. The van der Waals surface area contributed by atoms with Crippen LogP contribution in [0.2, 0.25) is 0 Å². The molecule has 1 aromatic heterocycles. The van der Waals surface area contributed by atoms with Gasteiger partial charge in [-0.05, 0) is 20.8 Å². The average Bonchev–Trinajstić information content (AvgIpc) is 2.94. The molecule has 2 N–H and O–H groups in total. The van der Waals surface area contributed by atoms with Crippen LogP contribution in [0.4, 0.5) is 10.5 Å². The second kappa shape index (κ2) is 10.2. The van der Waals surface area contributed by atoms with E-state index >= 15 is 0 Å². The fraction of sp³-hybridized carbons (Fsp3) is 0.733. The van der Waals surface area contributed by atoms with Crippen LogP contribution in [-0.4, -0.2) is 71.4 Å². The minimum atomic E-state index is -0.747. The predicted molar refractivity (Wildman–Crippen MR) is 87.5 cm³/mol. The Morgan fingerprint density at radius 2 is 2.22 bits per heavy atom. The molecule has 0 radical (unpaired) electrons. The standard InChI is InChI=1S/C15H28N4O4/c1-5-19-9-13(8-16-19)17-15(21)18(4)10-14(20)11-22-6-7-23-12(2)3/h8-9,12,14,20H,5-7,10-11H2,1-4H3,(H,17,21)/t14-/m0/s1. The number of nitrogens with one attached hydrogen (secondary N) is 1. The summed E-state index contributed by atoms with van der Waals surface area (Å²) in [6.45, 7) is 7.85. The Hall–Kier alpha value is -1.64. The van der Waals surface area contributed by atoms with Crippen molar-refractivity contribution in [2.75, 3.05) is 38.7 Å². The van der Waals surface area contributed by atoms with Crippen molar-refractivity contribution in [1.29, 1.82) is 0 Å². The van der Waals surface area contributed by atoms with Gasteiger partial charge in [0.15, 0.2) is 0 Å². The van der Waals surface area contributed by atoms with Gasteiger partial charge in [-0.25, -0.2) is 4.79 Å². The largest absolute Gasteiger partial charge is 0.389 e. The van der Waals surface area contributed by atoms with E-state index in [1.165, 1.54) is 4.90 Å². The minimum absolute atomic E-state index is 0.160. The number of aliphatic hydroxyl groups is 1. The summed E-state index contributed by atoms with van der Waals surface area (Å²) in [5.74, 6) is 0. The molecule has 8 heteroatoms. The van der Waals surface area contributed by atoms with Gasteiger partial charge in [-0.3, -0.25) is 4.68 Å². The lowest BCUT2D eigenvalue weighted by Gasteiger charge is -2.21. The number of hydrogen-bond donors (Lipinski definition) is 2. The van der Waals surface area contributed by atoms with Crippen molar-refractivity contribution >= 4 is 11.7 Å². The number of aliphatic hydroxyl groups excluding tert-OH is 1. The minimum Gasteiger partial charge on any atom is -0.389 e. The Kier molecular flexibility index (Phi) is 8.60. The summed E-state index contributed by atoms with van der Waals surface area (Å²) < 4.78 is 12.4. The van der Waals surface area contributed by atoms with Crippen molar-refractivity contribution in [3.63, 3.8) is 0 Å². The van der Waals surface area contributed by atoms with Crippen molar-refractivity contribution in [3.8, 4) is 0 Å². The lowest BCUT2D eigenvalue weighted by molar-refractivity contribution is -0.0144. The highest BCUT2D eigenvalue weighted by molar-refractivity contribution is 5.88. The number of aromatic nitrogens is 2. The van der Waals surface area contributed by atoms with Crippen molar-refractivity contribution in [1.82, 2.24) is 14.7 Å². The molecule has 1 rings (SSSR count). The van der Waals surface area contributed by atoms with Crippen LogP contribution in [0.1, 0.15) is 20.8 Å². The van der Waals surface area contributed by atoms with Gasteiger partial charge in [0.1, 0.15) is 0 Å². The molecule has 0 aliphatic heterocycles. The van der Waals surface area contributed by atoms with Gasteiger partial charge in [0, 0.05) is 19.8 Å². The predicted octanol–water partition coefficient (Wildman–Crippen LogP) is 1.17. The Morgan fingerprint density at radius 1 is 1.48 bits per heavy atom. The molecule has 2 amide bonds. The van der Waals surface area contributed by atoms with Gasteiger partial charge in [-0.15, -0.1) is 0 Å². The first-order chi connectivity index (χ1) is 10.9. The second-order valence-corrected chi connectivity index (χ2v) is 5.54. The Labute approximate surface area is 137 Å². The molecule has 0 bridgehead atoms. The Balaban J connectivity index is 2.22. The molecule has 0 saturated heterocycles. The zero-order chi connectivity index (χ0) is 17.2. The van der Waals surface area contributed by atoms with Crippen LogP contribution in [0.5, 0.6) is 0 Å². The molecule has 0 unspecified atom stereocenters. The third kappa shape index (κ3) is 7.96. The van der Waals surface area contributed by atoms with Gasteiger partial charge in [-0.1, -0.05) is 0 Å². The molecule has 0 aromatic carbocycles. The monoisotopic (exact) mass is 328 g/mol. The molecule has 8 nitrogen and oxygen atoms in total. The van der Waals surface area contributed by atoms with Crippen molar-refractivity contribution in [3.05, 3.63) is 12.4 Å². The maximum Gasteiger partial charge on any atom is 0.321 e. The Morgan fingerprint density at radius 3 is 2.83 bits per heavy atom. The fourth-order valence-corrected chi connectivity index (χ4v) is 1.83. The van der Waals surface area contributed by atoms with Gasteiger partial charge in [0.2, 0.25) is 0 Å². The average molecular weight is 328 g/mol. The number of urea groups is 1. The highest BCUT2D eigenvalue weighted by Crippen LogP contribution is 2.06. The molecule has 132 valence electrons. The molecule has 0 spiro atoms. The van der Waals surface area contributed by atoms with E-state index in [-0.39, 0.29) is 25.3 Å². The molecule has 0 aliphatic rings. The maximum absolute atomic E-state index is 12.0. The van der Waals surface area contributed by atoms with E-state index in [1.807, 2.05) is 20.8 Å². The van der Waals surface area contributed by atoms with Crippen LogP contribution in [0.25, 0.3) is 0 Å². The lowest BCUT2D eigenvalue weighted by atomic mass is 10.3. The van der Waals surface area contributed by atoms with Crippen LogP contribution in [0.15, 0.2) is 12.4 Å². The SMILES string of the molecule is CCn1cc(NC(=O)N(C)C[C@H](O)COCCOC(C)C)cn1. The summed E-state index contributed by atoms with van der Waals surface area (Å²) >= 11 is 0. The summed E-state index contributed by atoms with van der Waals surface area (Å²) in [6, 6.07) is -0.303. The summed E-state index contributed by atoms with van der Waals surface area (Å²) in [5.41, 5.74) is 0.625. The zero-order valence-electron chi connectivity index (χ0n) is 14.4. The molecule has 0 saturated carbocycles. The normalized spacial score (nSPS) is 12.4. The van der Waals surface area contributed by atoms with Gasteiger partial charge in [0.25, 0.3) is 0 Å². The molecular weight excluding hydrogens is 300 g/mol. The van der Waals surface area contributed by atoms with Crippen molar-refractivity contribution in [2.24, 2.45) is 0 Å². The fourth-order valence-electron chi connectivity index (χ4n) is 1.83. The summed E-state index contributed by atoms with van der Waals surface area (Å²) in [7, 11) is 1.62. The smallest absolute Gasteiger partial charge is 0.321 e. The molecule has 23 heavy (non-hydrogen) atoms. The molecule has 0 aliphatic carbocycles. The van der Waals surface area contributed by atoms with Crippen LogP contribution in [0.3, 0.4) is 0 Å². The number of likely N-dealkylation sites (N-methyl/N-ethyl adjacent to an activating group) is 1. The van der Waals surface area contributed by atoms with Gasteiger partial charge >= 0.3 is 6.03 Å². The number of hydrogen-bond acceptors (Lipinski definition) is 5. The van der Waals surface area contributed by atoms with Crippen molar-refractivity contribution in [2.45, 2.75) is 39.5 Å². The lowest BCUT2D eigenvalue weighted by Crippen LogP contribution is -2.39. The molecule has 1 atom stereocenters. The third-order valence-corrected chi connectivity index (χ3v) is 3.03. The highest BCUT2D eigenvalue weighted by atomic mass is 16.5. The van der Waals surface area contributed by atoms with E-state index in [1.54, 1.807) is 24.1 Å². The quantitative estimate of drug-likeness (QED) is 0.629. The molecule has 1 aromatic rings. The maximum atomic E-state index is 12.0. The Bertz CT molecular complexity index is 464.